The zero-order valence-electron chi connectivity index (χ0n) is 15.9. The molecule has 1 unspecified atom stereocenters. The second kappa shape index (κ2) is 8.09. The Balaban J connectivity index is 1.35. The Hall–Kier alpha value is -2.40. The van der Waals surface area contributed by atoms with Crippen LogP contribution in [0.25, 0.3) is 0 Å². The third-order valence-electron chi connectivity index (χ3n) is 5.33. The minimum Gasteiger partial charge on any atom is -0.477 e. The van der Waals surface area contributed by atoms with Gasteiger partial charge in [0.05, 0.1) is 6.61 Å². The molecule has 0 bridgehead atoms. The van der Waals surface area contributed by atoms with Gasteiger partial charge in [-0.3, -0.25) is 4.79 Å². The Kier molecular flexibility index (Phi) is 5.39. The van der Waals surface area contributed by atoms with Crippen LogP contribution < -0.4 is 15.0 Å². The standard InChI is InChI=1S/C22H27N3O2/c1-16(19-4-2-5-20(13-19)25-11-3-6-22(25)26)24-14-18-9-10-23-21(12-18)27-15-17-7-8-17/h2,4-5,9-10,12-13,16-17,24H,3,6-8,11,14-15H2,1H3. The van der Waals surface area contributed by atoms with Gasteiger partial charge in [-0.05, 0) is 61.4 Å². The number of anilines is 1. The fourth-order valence-corrected chi connectivity index (χ4v) is 3.40. The summed E-state index contributed by atoms with van der Waals surface area (Å²) in [6.45, 7) is 4.50. The maximum absolute atomic E-state index is 12.0. The van der Waals surface area contributed by atoms with Crippen molar-refractivity contribution in [1.82, 2.24) is 10.3 Å². The van der Waals surface area contributed by atoms with Gasteiger partial charge >= 0.3 is 0 Å². The monoisotopic (exact) mass is 365 g/mol. The molecule has 1 amide bonds. The molecule has 5 nitrogen and oxygen atoms in total. The molecule has 27 heavy (non-hydrogen) atoms. The van der Waals surface area contributed by atoms with Crippen molar-refractivity contribution in [3.63, 3.8) is 0 Å². The first-order chi connectivity index (χ1) is 13.2. The minimum atomic E-state index is 0.187. The summed E-state index contributed by atoms with van der Waals surface area (Å²) in [5.74, 6) is 1.66. The van der Waals surface area contributed by atoms with Crippen molar-refractivity contribution in [3.8, 4) is 5.88 Å². The van der Waals surface area contributed by atoms with Gasteiger partial charge in [-0.1, -0.05) is 12.1 Å². The van der Waals surface area contributed by atoms with Gasteiger partial charge in [-0.15, -0.1) is 0 Å². The van der Waals surface area contributed by atoms with E-state index in [-0.39, 0.29) is 11.9 Å². The lowest BCUT2D eigenvalue weighted by atomic mass is 10.1. The van der Waals surface area contributed by atoms with Gasteiger partial charge in [-0.2, -0.15) is 0 Å². The largest absolute Gasteiger partial charge is 0.477 e. The third kappa shape index (κ3) is 4.66. The Morgan fingerprint density at radius 2 is 2.19 bits per heavy atom. The highest BCUT2D eigenvalue weighted by Crippen LogP contribution is 2.29. The summed E-state index contributed by atoms with van der Waals surface area (Å²) in [6, 6.07) is 12.5. The zero-order valence-corrected chi connectivity index (χ0v) is 15.9. The fraction of sp³-hybridized carbons (Fsp3) is 0.455. The zero-order chi connectivity index (χ0) is 18.6. The first-order valence-corrected chi connectivity index (χ1v) is 9.90. The second-order valence-corrected chi connectivity index (χ2v) is 7.60. The summed E-state index contributed by atoms with van der Waals surface area (Å²) in [6.07, 6.45) is 5.97. The molecule has 2 fully saturated rings. The Labute approximate surface area is 160 Å². The maximum Gasteiger partial charge on any atom is 0.227 e. The van der Waals surface area contributed by atoms with E-state index in [1.165, 1.54) is 18.4 Å². The van der Waals surface area contributed by atoms with E-state index in [0.29, 0.717) is 12.3 Å². The molecule has 1 aromatic heterocycles. The second-order valence-electron chi connectivity index (χ2n) is 7.60. The molecule has 1 aromatic carbocycles. The third-order valence-corrected chi connectivity index (χ3v) is 5.33. The summed E-state index contributed by atoms with van der Waals surface area (Å²) < 4.78 is 5.77. The number of ether oxygens (including phenoxy) is 1. The Morgan fingerprint density at radius 1 is 1.30 bits per heavy atom. The van der Waals surface area contributed by atoms with E-state index in [4.69, 9.17) is 4.74 Å². The van der Waals surface area contributed by atoms with Crippen LogP contribution >= 0.6 is 0 Å². The Bertz CT molecular complexity index is 804. The van der Waals surface area contributed by atoms with Crippen molar-refractivity contribution >= 4 is 11.6 Å². The normalized spacial score (nSPS) is 18.0. The van der Waals surface area contributed by atoms with Crippen LogP contribution in [0.1, 0.15) is 49.8 Å². The van der Waals surface area contributed by atoms with E-state index in [9.17, 15) is 4.79 Å². The molecule has 2 aromatic rings. The molecule has 5 heteroatoms. The first-order valence-electron chi connectivity index (χ1n) is 9.90. The summed E-state index contributed by atoms with van der Waals surface area (Å²) in [7, 11) is 0. The molecule has 2 aliphatic rings. The molecule has 4 rings (SSSR count). The molecule has 1 aliphatic carbocycles. The molecule has 1 aliphatic heterocycles. The number of hydrogen-bond acceptors (Lipinski definition) is 4. The van der Waals surface area contributed by atoms with E-state index >= 15 is 0 Å². The van der Waals surface area contributed by atoms with Crippen LogP contribution in [0.5, 0.6) is 5.88 Å². The average molecular weight is 365 g/mol. The van der Waals surface area contributed by atoms with Crippen LogP contribution in [0, 0.1) is 5.92 Å². The molecule has 2 heterocycles. The number of nitrogens with zero attached hydrogens (tertiary/aromatic N) is 2. The van der Waals surface area contributed by atoms with E-state index < -0.39 is 0 Å². The van der Waals surface area contributed by atoms with Crippen LogP contribution in [-0.4, -0.2) is 24.0 Å². The number of aromatic nitrogens is 1. The van der Waals surface area contributed by atoms with E-state index in [0.717, 1.165) is 43.3 Å². The fourth-order valence-electron chi connectivity index (χ4n) is 3.40. The summed E-state index contributed by atoms with van der Waals surface area (Å²) in [5.41, 5.74) is 3.35. The molecule has 1 saturated carbocycles. The number of benzene rings is 1. The number of rotatable bonds is 8. The molecule has 142 valence electrons. The number of amides is 1. The van der Waals surface area contributed by atoms with Gasteiger partial charge in [0.15, 0.2) is 0 Å². The lowest BCUT2D eigenvalue weighted by Gasteiger charge is -2.19. The van der Waals surface area contributed by atoms with Crippen LogP contribution in [-0.2, 0) is 11.3 Å². The number of pyridine rings is 1. The molecular formula is C22H27N3O2. The first kappa shape index (κ1) is 18.0. The lowest BCUT2D eigenvalue weighted by molar-refractivity contribution is -0.117. The van der Waals surface area contributed by atoms with Gasteiger partial charge < -0.3 is 15.0 Å². The quantitative estimate of drug-likeness (QED) is 0.772. The molecule has 1 saturated heterocycles. The number of carbonyl (C=O) groups excluding carboxylic acids is 1. The van der Waals surface area contributed by atoms with Crippen LogP contribution in [0.15, 0.2) is 42.6 Å². The summed E-state index contributed by atoms with van der Waals surface area (Å²) in [5, 5.41) is 3.56. The molecule has 0 radical (unpaired) electrons. The summed E-state index contributed by atoms with van der Waals surface area (Å²) >= 11 is 0. The van der Waals surface area contributed by atoms with Crippen LogP contribution in [0.3, 0.4) is 0 Å². The lowest BCUT2D eigenvalue weighted by Crippen LogP contribution is -2.24. The summed E-state index contributed by atoms with van der Waals surface area (Å²) in [4.78, 5) is 18.2. The molecule has 1 N–H and O–H groups in total. The van der Waals surface area contributed by atoms with Crippen molar-refractivity contribution < 1.29 is 9.53 Å². The predicted molar refractivity (Wildman–Crippen MR) is 106 cm³/mol. The van der Waals surface area contributed by atoms with Crippen molar-refractivity contribution in [3.05, 3.63) is 53.7 Å². The van der Waals surface area contributed by atoms with Crippen LogP contribution in [0.2, 0.25) is 0 Å². The molecule has 0 spiro atoms. The minimum absolute atomic E-state index is 0.187. The highest BCUT2D eigenvalue weighted by Gasteiger charge is 2.23. The maximum atomic E-state index is 12.0. The van der Waals surface area contributed by atoms with Crippen molar-refractivity contribution in [2.45, 2.75) is 45.2 Å². The van der Waals surface area contributed by atoms with Crippen LogP contribution in [0.4, 0.5) is 5.69 Å². The highest BCUT2D eigenvalue weighted by molar-refractivity contribution is 5.95. The highest BCUT2D eigenvalue weighted by atomic mass is 16.5. The van der Waals surface area contributed by atoms with Gasteiger partial charge in [0.2, 0.25) is 11.8 Å². The predicted octanol–water partition coefficient (Wildman–Crippen LogP) is 3.85. The van der Waals surface area contributed by atoms with E-state index in [1.807, 2.05) is 35.4 Å². The number of nitrogens with one attached hydrogen (secondary N) is 1. The topological polar surface area (TPSA) is 54.5 Å². The van der Waals surface area contributed by atoms with Gasteiger partial charge in [0.25, 0.3) is 0 Å². The number of carbonyl (C=O) groups is 1. The molecular weight excluding hydrogens is 338 g/mol. The van der Waals surface area contributed by atoms with Crippen molar-refractivity contribution in [2.75, 3.05) is 18.1 Å². The number of hydrogen-bond donors (Lipinski definition) is 1. The smallest absolute Gasteiger partial charge is 0.227 e. The molecule has 1 atom stereocenters. The van der Waals surface area contributed by atoms with Gasteiger partial charge in [0.1, 0.15) is 0 Å². The van der Waals surface area contributed by atoms with Crippen molar-refractivity contribution in [2.24, 2.45) is 5.92 Å². The van der Waals surface area contributed by atoms with Crippen molar-refractivity contribution in [1.29, 1.82) is 0 Å². The van der Waals surface area contributed by atoms with Gasteiger partial charge in [-0.25, -0.2) is 4.98 Å². The Morgan fingerprint density at radius 3 is 2.96 bits per heavy atom. The average Bonchev–Trinajstić information content (AvgIpc) is 3.44. The van der Waals surface area contributed by atoms with E-state index in [1.54, 1.807) is 0 Å². The van der Waals surface area contributed by atoms with E-state index in [2.05, 4.69) is 29.4 Å². The SMILES string of the molecule is CC(NCc1ccnc(OCC2CC2)c1)c1cccc(N2CCCC2=O)c1. The van der Waals surface area contributed by atoms with Gasteiger partial charge in [0, 0.05) is 43.5 Å².